The largest absolute Gasteiger partial charge is 0.487 e. The molecule has 21 heavy (non-hydrogen) atoms. The van der Waals surface area contributed by atoms with Crippen molar-refractivity contribution >= 4 is 22.5 Å². The highest BCUT2D eigenvalue weighted by Gasteiger charge is 2.10. The third-order valence-corrected chi connectivity index (χ3v) is 4.00. The number of nitrogens with zero attached hydrogens (tertiary/aromatic N) is 1. The zero-order valence-corrected chi connectivity index (χ0v) is 13.0. The van der Waals surface area contributed by atoms with Crippen LogP contribution in [0.1, 0.15) is 18.2 Å². The van der Waals surface area contributed by atoms with Gasteiger partial charge in [-0.2, -0.15) is 0 Å². The zero-order valence-electron chi connectivity index (χ0n) is 12.3. The molecule has 0 saturated carbocycles. The Labute approximate surface area is 129 Å². The van der Waals surface area contributed by atoms with E-state index in [0.717, 1.165) is 33.9 Å². The number of rotatable bonds is 4. The van der Waals surface area contributed by atoms with Gasteiger partial charge in [0.2, 0.25) is 0 Å². The van der Waals surface area contributed by atoms with Crippen LogP contribution < -0.4 is 4.74 Å². The first-order chi connectivity index (χ1) is 10.2. The van der Waals surface area contributed by atoms with E-state index in [-0.39, 0.29) is 0 Å². The minimum atomic E-state index is 0.544. The van der Waals surface area contributed by atoms with Gasteiger partial charge >= 0.3 is 0 Å². The summed E-state index contributed by atoms with van der Waals surface area (Å²) < 4.78 is 8.17. The number of fused-ring (bicyclic) bond motifs is 1. The highest BCUT2D eigenvalue weighted by molar-refractivity contribution is 6.35. The maximum atomic E-state index is 6.28. The molecule has 108 valence electrons. The molecule has 0 saturated heterocycles. The van der Waals surface area contributed by atoms with Crippen LogP contribution >= 0.6 is 11.6 Å². The fraction of sp³-hybridized carbons (Fsp3) is 0.222. The van der Waals surface area contributed by atoms with E-state index in [2.05, 4.69) is 36.6 Å². The number of aryl methyl sites for hydroxylation is 2. The van der Waals surface area contributed by atoms with Crippen LogP contribution in [0.5, 0.6) is 5.75 Å². The molecular formula is C18H18ClNO. The maximum absolute atomic E-state index is 6.28. The van der Waals surface area contributed by atoms with Crippen LogP contribution in [0.15, 0.2) is 48.5 Å². The second kappa shape index (κ2) is 5.82. The molecule has 1 heterocycles. The van der Waals surface area contributed by atoms with E-state index >= 15 is 0 Å². The number of hydrogen-bond acceptors (Lipinski definition) is 1. The molecule has 0 N–H and O–H groups in total. The number of ether oxygens (including phenoxy) is 1. The molecule has 0 spiro atoms. The molecule has 0 fully saturated rings. The lowest BCUT2D eigenvalue weighted by Gasteiger charge is -2.10. The fourth-order valence-electron chi connectivity index (χ4n) is 2.66. The predicted molar refractivity (Wildman–Crippen MR) is 88.1 cm³/mol. The van der Waals surface area contributed by atoms with E-state index in [1.165, 1.54) is 5.56 Å². The van der Waals surface area contributed by atoms with Crippen LogP contribution in [0.25, 0.3) is 10.9 Å². The van der Waals surface area contributed by atoms with E-state index in [1.807, 2.05) is 30.3 Å². The van der Waals surface area contributed by atoms with Crippen molar-refractivity contribution in [2.45, 2.75) is 27.0 Å². The number of aromatic nitrogens is 1. The Morgan fingerprint density at radius 3 is 2.67 bits per heavy atom. The molecular weight excluding hydrogens is 282 g/mol. The summed E-state index contributed by atoms with van der Waals surface area (Å²) >= 11 is 6.28. The van der Waals surface area contributed by atoms with Crippen molar-refractivity contribution in [2.75, 3.05) is 0 Å². The number of benzene rings is 2. The van der Waals surface area contributed by atoms with Crippen LogP contribution in [-0.2, 0) is 13.2 Å². The highest BCUT2D eigenvalue weighted by atomic mass is 35.5. The predicted octanol–water partition coefficient (Wildman–Crippen LogP) is 5.20. The van der Waals surface area contributed by atoms with Crippen molar-refractivity contribution < 1.29 is 4.74 Å². The van der Waals surface area contributed by atoms with Gasteiger partial charge in [0.25, 0.3) is 0 Å². The molecule has 0 aliphatic heterocycles. The second-order valence-corrected chi connectivity index (χ2v) is 5.56. The van der Waals surface area contributed by atoms with E-state index < -0.39 is 0 Å². The summed E-state index contributed by atoms with van der Waals surface area (Å²) in [5, 5.41) is 1.88. The summed E-state index contributed by atoms with van der Waals surface area (Å²) in [5.41, 5.74) is 3.50. The van der Waals surface area contributed by atoms with E-state index in [0.29, 0.717) is 6.61 Å². The van der Waals surface area contributed by atoms with Gasteiger partial charge in [-0.25, -0.2) is 0 Å². The summed E-state index contributed by atoms with van der Waals surface area (Å²) in [6.07, 6.45) is 0. The standard InChI is InChI=1S/C18H18ClNO/c1-3-20-14(11-16-17(19)8-5-9-18(16)20)12-21-15-7-4-6-13(2)10-15/h4-11H,3,12H2,1-2H3. The molecule has 0 amide bonds. The highest BCUT2D eigenvalue weighted by Crippen LogP contribution is 2.27. The Hall–Kier alpha value is -1.93. The topological polar surface area (TPSA) is 14.2 Å². The molecule has 0 bridgehead atoms. The normalized spacial score (nSPS) is 11.0. The third-order valence-electron chi connectivity index (χ3n) is 3.67. The SMILES string of the molecule is CCn1c(COc2cccc(C)c2)cc2c(Cl)cccc21. The van der Waals surface area contributed by atoms with Crippen LogP contribution in [0.4, 0.5) is 0 Å². The van der Waals surface area contributed by atoms with Gasteiger partial charge in [-0.1, -0.05) is 29.8 Å². The van der Waals surface area contributed by atoms with Crippen molar-refractivity contribution in [3.8, 4) is 5.75 Å². The first-order valence-electron chi connectivity index (χ1n) is 7.15. The van der Waals surface area contributed by atoms with Crippen molar-refractivity contribution in [1.82, 2.24) is 4.57 Å². The minimum absolute atomic E-state index is 0.544. The molecule has 1 aromatic heterocycles. The molecule has 0 atom stereocenters. The van der Waals surface area contributed by atoms with Gasteiger partial charge in [-0.3, -0.25) is 0 Å². The smallest absolute Gasteiger partial charge is 0.128 e. The van der Waals surface area contributed by atoms with Crippen LogP contribution in [-0.4, -0.2) is 4.57 Å². The summed E-state index contributed by atoms with van der Waals surface area (Å²) in [4.78, 5) is 0. The van der Waals surface area contributed by atoms with E-state index in [9.17, 15) is 0 Å². The molecule has 2 nitrogen and oxygen atoms in total. The van der Waals surface area contributed by atoms with E-state index in [4.69, 9.17) is 16.3 Å². The Bertz CT molecular complexity index is 776. The fourth-order valence-corrected chi connectivity index (χ4v) is 2.88. The molecule has 0 unspecified atom stereocenters. The molecule has 0 aliphatic carbocycles. The molecule has 3 heteroatoms. The Morgan fingerprint density at radius 1 is 1.10 bits per heavy atom. The molecule has 2 aromatic carbocycles. The molecule has 0 aliphatic rings. The van der Waals surface area contributed by atoms with E-state index in [1.54, 1.807) is 0 Å². The lowest BCUT2D eigenvalue weighted by molar-refractivity contribution is 0.296. The molecule has 0 radical (unpaired) electrons. The first-order valence-corrected chi connectivity index (χ1v) is 7.53. The van der Waals surface area contributed by atoms with Gasteiger partial charge in [-0.05, 0) is 49.7 Å². The lowest BCUT2D eigenvalue weighted by atomic mass is 10.2. The summed E-state index contributed by atoms with van der Waals surface area (Å²) in [6, 6.07) is 16.2. The van der Waals surface area contributed by atoms with Crippen LogP contribution in [0.2, 0.25) is 5.02 Å². The second-order valence-electron chi connectivity index (χ2n) is 5.16. The first kappa shape index (κ1) is 14.0. The third kappa shape index (κ3) is 2.77. The van der Waals surface area contributed by atoms with Gasteiger partial charge in [0.15, 0.2) is 0 Å². The van der Waals surface area contributed by atoms with Crippen molar-refractivity contribution in [1.29, 1.82) is 0 Å². The number of hydrogen-bond donors (Lipinski definition) is 0. The van der Waals surface area contributed by atoms with Gasteiger partial charge in [-0.15, -0.1) is 0 Å². The van der Waals surface area contributed by atoms with Crippen molar-refractivity contribution in [3.63, 3.8) is 0 Å². The monoisotopic (exact) mass is 299 g/mol. The Balaban J connectivity index is 1.91. The number of halogens is 1. The Morgan fingerprint density at radius 2 is 1.90 bits per heavy atom. The van der Waals surface area contributed by atoms with Crippen molar-refractivity contribution in [3.05, 3.63) is 64.8 Å². The van der Waals surface area contributed by atoms with Crippen molar-refractivity contribution in [2.24, 2.45) is 0 Å². The van der Waals surface area contributed by atoms with Crippen LogP contribution in [0.3, 0.4) is 0 Å². The minimum Gasteiger partial charge on any atom is -0.487 e. The van der Waals surface area contributed by atoms with Gasteiger partial charge in [0.1, 0.15) is 12.4 Å². The summed E-state index contributed by atoms with van der Waals surface area (Å²) in [6.45, 7) is 5.64. The summed E-state index contributed by atoms with van der Waals surface area (Å²) in [7, 11) is 0. The van der Waals surface area contributed by atoms with Gasteiger partial charge < -0.3 is 9.30 Å². The molecule has 3 aromatic rings. The Kier molecular flexibility index (Phi) is 3.89. The van der Waals surface area contributed by atoms with Gasteiger partial charge in [0, 0.05) is 22.5 Å². The molecule has 3 rings (SSSR count). The van der Waals surface area contributed by atoms with Gasteiger partial charge in [0.05, 0.1) is 5.69 Å². The average Bonchev–Trinajstić information content (AvgIpc) is 2.84. The van der Waals surface area contributed by atoms with Crippen LogP contribution in [0, 0.1) is 6.92 Å². The maximum Gasteiger partial charge on any atom is 0.128 e. The zero-order chi connectivity index (χ0) is 14.8. The lowest BCUT2D eigenvalue weighted by Crippen LogP contribution is -2.04. The quantitative estimate of drug-likeness (QED) is 0.645. The average molecular weight is 300 g/mol. The summed E-state index contributed by atoms with van der Waals surface area (Å²) in [5.74, 6) is 0.897.